The van der Waals surface area contributed by atoms with Crippen molar-refractivity contribution in [1.29, 1.82) is 0 Å². The quantitative estimate of drug-likeness (QED) is 0.827. The molecule has 90 valence electrons. The van der Waals surface area contributed by atoms with Crippen LogP contribution >= 0.6 is 0 Å². The Balaban J connectivity index is 1.86. The van der Waals surface area contributed by atoms with Crippen LogP contribution in [0.4, 0.5) is 0 Å². The van der Waals surface area contributed by atoms with Crippen LogP contribution < -0.4 is 10.1 Å². The smallest absolute Gasteiger partial charge is 0.157 e. The number of hydrogen-bond acceptors (Lipinski definition) is 3. The molecule has 0 aliphatic heterocycles. The molecule has 0 spiro atoms. The fourth-order valence-corrected chi connectivity index (χ4v) is 2.08. The van der Waals surface area contributed by atoms with Crippen molar-refractivity contribution in [3.8, 4) is 5.75 Å². The highest BCUT2D eigenvalue weighted by atomic mass is 16.5. The van der Waals surface area contributed by atoms with E-state index in [1.54, 1.807) is 0 Å². The first kappa shape index (κ1) is 11.5. The SMILES string of the molecule is CNC(C)Cn1cc(OC2CCCC2)cn1. The summed E-state index contributed by atoms with van der Waals surface area (Å²) in [5, 5.41) is 7.49. The minimum Gasteiger partial charge on any atom is -0.487 e. The average molecular weight is 223 g/mol. The van der Waals surface area contributed by atoms with Crippen LogP contribution in [-0.4, -0.2) is 29.0 Å². The van der Waals surface area contributed by atoms with E-state index in [0.717, 1.165) is 12.3 Å². The molecule has 16 heavy (non-hydrogen) atoms. The second kappa shape index (κ2) is 5.34. The molecular formula is C12H21N3O. The summed E-state index contributed by atoms with van der Waals surface area (Å²) in [4.78, 5) is 0. The average Bonchev–Trinajstić information content (AvgIpc) is 2.91. The fourth-order valence-electron chi connectivity index (χ4n) is 2.08. The Hall–Kier alpha value is -1.03. The molecule has 0 bridgehead atoms. The summed E-state index contributed by atoms with van der Waals surface area (Å²) in [7, 11) is 1.96. The molecule has 1 atom stereocenters. The van der Waals surface area contributed by atoms with Crippen LogP contribution in [0, 0.1) is 0 Å². The maximum atomic E-state index is 5.87. The molecule has 1 aromatic heterocycles. The molecule has 0 aromatic carbocycles. The number of hydrogen-bond donors (Lipinski definition) is 1. The van der Waals surface area contributed by atoms with Gasteiger partial charge in [0, 0.05) is 6.04 Å². The summed E-state index contributed by atoms with van der Waals surface area (Å²) in [6.45, 7) is 3.02. The van der Waals surface area contributed by atoms with E-state index in [1.165, 1.54) is 25.7 Å². The summed E-state index contributed by atoms with van der Waals surface area (Å²) in [5.41, 5.74) is 0. The standard InChI is InChI=1S/C12H21N3O/c1-10(13-2)8-15-9-12(7-14-15)16-11-5-3-4-6-11/h7,9-11,13H,3-6,8H2,1-2H3. The van der Waals surface area contributed by atoms with Crippen molar-refractivity contribution in [2.45, 2.75) is 51.3 Å². The molecule has 0 radical (unpaired) electrons. The number of likely N-dealkylation sites (N-methyl/N-ethyl adjacent to an activating group) is 1. The molecular weight excluding hydrogens is 202 g/mol. The van der Waals surface area contributed by atoms with Gasteiger partial charge in [0.2, 0.25) is 0 Å². The molecule has 1 aliphatic rings. The number of aromatic nitrogens is 2. The Morgan fingerprint density at radius 3 is 3.00 bits per heavy atom. The third kappa shape index (κ3) is 2.98. The molecule has 1 fully saturated rings. The monoisotopic (exact) mass is 223 g/mol. The molecule has 1 N–H and O–H groups in total. The lowest BCUT2D eigenvalue weighted by Gasteiger charge is -2.11. The zero-order valence-electron chi connectivity index (χ0n) is 10.1. The lowest BCUT2D eigenvalue weighted by molar-refractivity contribution is 0.209. The Morgan fingerprint density at radius 2 is 2.31 bits per heavy atom. The first-order valence-corrected chi connectivity index (χ1v) is 6.14. The fraction of sp³-hybridized carbons (Fsp3) is 0.750. The van der Waals surface area contributed by atoms with Crippen molar-refractivity contribution in [2.75, 3.05) is 7.05 Å². The topological polar surface area (TPSA) is 39.1 Å². The van der Waals surface area contributed by atoms with Crippen LogP contribution in [0.5, 0.6) is 5.75 Å². The lowest BCUT2D eigenvalue weighted by atomic mass is 10.3. The Labute approximate surface area is 97.0 Å². The Kier molecular flexibility index (Phi) is 3.83. The molecule has 2 rings (SSSR count). The van der Waals surface area contributed by atoms with Gasteiger partial charge in [-0.05, 0) is 39.7 Å². The van der Waals surface area contributed by atoms with Crippen LogP contribution in [0.25, 0.3) is 0 Å². The minimum absolute atomic E-state index is 0.416. The Bertz CT molecular complexity index is 318. The van der Waals surface area contributed by atoms with Gasteiger partial charge >= 0.3 is 0 Å². The molecule has 0 saturated heterocycles. The lowest BCUT2D eigenvalue weighted by Crippen LogP contribution is -2.26. The second-order valence-corrected chi connectivity index (χ2v) is 4.61. The van der Waals surface area contributed by atoms with Crippen molar-refractivity contribution >= 4 is 0 Å². The highest BCUT2D eigenvalue weighted by Crippen LogP contribution is 2.23. The highest BCUT2D eigenvalue weighted by molar-refractivity contribution is 5.12. The van der Waals surface area contributed by atoms with Crippen LogP contribution in [0.1, 0.15) is 32.6 Å². The van der Waals surface area contributed by atoms with Gasteiger partial charge in [-0.3, -0.25) is 4.68 Å². The predicted octanol–water partition coefficient (Wildman–Crippen LogP) is 1.81. The van der Waals surface area contributed by atoms with Crippen LogP contribution in [0.15, 0.2) is 12.4 Å². The van der Waals surface area contributed by atoms with Crippen molar-refractivity contribution in [3.05, 3.63) is 12.4 Å². The molecule has 1 saturated carbocycles. The number of nitrogens with one attached hydrogen (secondary N) is 1. The van der Waals surface area contributed by atoms with Crippen molar-refractivity contribution < 1.29 is 4.74 Å². The van der Waals surface area contributed by atoms with E-state index in [9.17, 15) is 0 Å². The molecule has 4 heteroatoms. The van der Waals surface area contributed by atoms with Gasteiger partial charge < -0.3 is 10.1 Å². The summed E-state index contributed by atoms with van der Waals surface area (Å²) < 4.78 is 7.80. The highest BCUT2D eigenvalue weighted by Gasteiger charge is 2.17. The number of ether oxygens (including phenoxy) is 1. The largest absolute Gasteiger partial charge is 0.487 e. The molecule has 1 aliphatic carbocycles. The summed E-state index contributed by atoms with van der Waals surface area (Å²) >= 11 is 0. The second-order valence-electron chi connectivity index (χ2n) is 4.61. The number of rotatable bonds is 5. The molecule has 1 unspecified atom stereocenters. The summed E-state index contributed by atoms with van der Waals surface area (Å²) in [5.74, 6) is 0.912. The van der Waals surface area contributed by atoms with Gasteiger partial charge in [-0.1, -0.05) is 0 Å². The van der Waals surface area contributed by atoms with E-state index < -0.39 is 0 Å². The summed E-state index contributed by atoms with van der Waals surface area (Å²) in [6.07, 6.45) is 9.22. The normalized spacial score (nSPS) is 18.9. The third-order valence-corrected chi connectivity index (χ3v) is 3.17. The third-order valence-electron chi connectivity index (χ3n) is 3.17. The van der Waals surface area contributed by atoms with Crippen molar-refractivity contribution in [1.82, 2.24) is 15.1 Å². The van der Waals surface area contributed by atoms with E-state index >= 15 is 0 Å². The van der Waals surface area contributed by atoms with Crippen molar-refractivity contribution in [2.24, 2.45) is 0 Å². The van der Waals surface area contributed by atoms with Gasteiger partial charge in [0.05, 0.1) is 25.0 Å². The maximum absolute atomic E-state index is 5.87. The van der Waals surface area contributed by atoms with Gasteiger partial charge in [-0.25, -0.2) is 0 Å². The van der Waals surface area contributed by atoms with E-state index in [2.05, 4.69) is 17.3 Å². The van der Waals surface area contributed by atoms with E-state index in [1.807, 2.05) is 24.1 Å². The number of nitrogens with zero attached hydrogens (tertiary/aromatic N) is 2. The molecule has 1 aromatic rings. The molecule has 1 heterocycles. The van der Waals surface area contributed by atoms with Gasteiger partial charge in [-0.15, -0.1) is 0 Å². The first-order chi connectivity index (χ1) is 7.78. The zero-order chi connectivity index (χ0) is 11.4. The molecule has 4 nitrogen and oxygen atoms in total. The minimum atomic E-state index is 0.416. The van der Waals surface area contributed by atoms with Gasteiger partial charge in [-0.2, -0.15) is 5.10 Å². The zero-order valence-corrected chi connectivity index (χ0v) is 10.1. The van der Waals surface area contributed by atoms with Gasteiger partial charge in [0.25, 0.3) is 0 Å². The van der Waals surface area contributed by atoms with Gasteiger partial charge in [0.15, 0.2) is 5.75 Å². The maximum Gasteiger partial charge on any atom is 0.157 e. The predicted molar refractivity (Wildman–Crippen MR) is 63.6 cm³/mol. The van der Waals surface area contributed by atoms with Crippen molar-refractivity contribution in [3.63, 3.8) is 0 Å². The van der Waals surface area contributed by atoms with E-state index in [0.29, 0.717) is 12.1 Å². The van der Waals surface area contributed by atoms with Crippen LogP contribution in [0.2, 0.25) is 0 Å². The van der Waals surface area contributed by atoms with E-state index in [-0.39, 0.29) is 0 Å². The van der Waals surface area contributed by atoms with Gasteiger partial charge in [0.1, 0.15) is 0 Å². The first-order valence-electron chi connectivity index (χ1n) is 6.14. The molecule has 0 amide bonds. The Morgan fingerprint density at radius 1 is 1.56 bits per heavy atom. The summed E-state index contributed by atoms with van der Waals surface area (Å²) in [6, 6.07) is 0.430. The van der Waals surface area contributed by atoms with Crippen LogP contribution in [-0.2, 0) is 6.54 Å². The van der Waals surface area contributed by atoms with Crippen LogP contribution in [0.3, 0.4) is 0 Å². The van der Waals surface area contributed by atoms with E-state index in [4.69, 9.17) is 4.74 Å².